The van der Waals surface area contributed by atoms with Crippen molar-refractivity contribution < 1.29 is 9.90 Å². The minimum absolute atomic E-state index is 0.106. The van der Waals surface area contributed by atoms with Gasteiger partial charge < -0.3 is 10.4 Å². The largest absolute Gasteiger partial charge is 0.478 e. The summed E-state index contributed by atoms with van der Waals surface area (Å²) in [4.78, 5) is 10.8. The minimum atomic E-state index is -1.02. The van der Waals surface area contributed by atoms with Crippen molar-refractivity contribution in [3.63, 3.8) is 0 Å². The molecule has 98 valence electrons. The molecule has 0 amide bonds. The summed E-state index contributed by atoms with van der Waals surface area (Å²) in [6, 6.07) is 12.7. The van der Waals surface area contributed by atoms with E-state index in [1.807, 2.05) is 24.3 Å². The average molecular weight is 341 g/mol. The van der Waals surface area contributed by atoms with Gasteiger partial charge in [-0.05, 0) is 35.9 Å². The first-order valence-corrected chi connectivity index (χ1v) is 6.74. The molecule has 0 aromatic heterocycles. The van der Waals surface area contributed by atoms with E-state index >= 15 is 0 Å². The van der Waals surface area contributed by atoms with Crippen molar-refractivity contribution in [2.75, 3.05) is 5.32 Å². The van der Waals surface area contributed by atoms with Crippen LogP contribution in [-0.2, 0) is 6.54 Å². The number of aromatic carboxylic acids is 1. The van der Waals surface area contributed by atoms with Gasteiger partial charge in [-0.1, -0.05) is 39.7 Å². The van der Waals surface area contributed by atoms with E-state index in [2.05, 4.69) is 21.2 Å². The van der Waals surface area contributed by atoms with E-state index < -0.39 is 5.97 Å². The van der Waals surface area contributed by atoms with E-state index in [0.29, 0.717) is 6.54 Å². The van der Waals surface area contributed by atoms with E-state index in [4.69, 9.17) is 16.7 Å². The molecule has 0 fully saturated rings. The highest BCUT2D eigenvalue weighted by Gasteiger charge is 2.08. The Labute approximate surface area is 124 Å². The Morgan fingerprint density at radius 1 is 1.26 bits per heavy atom. The Morgan fingerprint density at radius 3 is 2.68 bits per heavy atom. The third-order valence-electron chi connectivity index (χ3n) is 2.59. The van der Waals surface area contributed by atoms with Crippen molar-refractivity contribution in [1.29, 1.82) is 0 Å². The van der Waals surface area contributed by atoms with Gasteiger partial charge in [0.1, 0.15) is 0 Å². The summed E-state index contributed by atoms with van der Waals surface area (Å²) < 4.78 is 1.02. The van der Waals surface area contributed by atoms with Crippen molar-refractivity contribution in [2.45, 2.75) is 6.54 Å². The molecule has 0 saturated carbocycles. The summed E-state index contributed by atoms with van der Waals surface area (Å²) in [6.45, 7) is 0.641. The molecule has 0 saturated heterocycles. The molecule has 0 unspecified atom stereocenters. The Hall–Kier alpha value is -1.52. The third kappa shape index (κ3) is 3.72. The maximum absolute atomic E-state index is 10.8. The van der Waals surface area contributed by atoms with Gasteiger partial charge >= 0.3 is 5.97 Å². The normalized spacial score (nSPS) is 10.2. The fourth-order valence-electron chi connectivity index (χ4n) is 1.65. The van der Waals surface area contributed by atoms with Crippen LogP contribution in [0, 0.1) is 0 Å². The number of carbonyl (C=O) groups is 1. The molecule has 2 rings (SSSR count). The van der Waals surface area contributed by atoms with Crippen LogP contribution in [0.5, 0.6) is 0 Å². The molecule has 5 heteroatoms. The highest BCUT2D eigenvalue weighted by molar-refractivity contribution is 9.10. The van der Waals surface area contributed by atoms with Crippen molar-refractivity contribution >= 4 is 39.2 Å². The van der Waals surface area contributed by atoms with Crippen LogP contribution in [0.1, 0.15) is 15.9 Å². The molecule has 19 heavy (non-hydrogen) atoms. The second-order valence-electron chi connectivity index (χ2n) is 3.98. The topological polar surface area (TPSA) is 49.3 Å². The summed E-state index contributed by atoms with van der Waals surface area (Å²) >= 11 is 9.31. The molecular weight excluding hydrogens is 330 g/mol. The number of hydrogen-bond acceptors (Lipinski definition) is 2. The maximum atomic E-state index is 10.8. The van der Waals surface area contributed by atoms with Gasteiger partial charge in [-0.15, -0.1) is 0 Å². The lowest BCUT2D eigenvalue weighted by molar-refractivity contribution is 0.0697. The first-order valence-electron chi connectivity index (χ1n) is 5.57. The highest BCUT2D eigenvalue weighted by atomic mass is 79.9. The molecule has 0 aliphatic carbocycles. The molecule has 0 aliphatic rings. The van der Waals surface area contributed by atoms with E-state index in [0.717, 1.165) is 15.7 Å². The summed E-state index contributed by atoms with van der Waals surface area (Å²) in [5.41, 5.74) is 2.01. The first kappa shape index (κ1) is 13.9. The monoisotopic (exact) mass is 339 g/mol. The molecule has 0 heterocycles. The molecule has 0 bridgehead atoms. The van der Waals surface area contributed by atoms with E-state index in [1.165, 1.54) is 6.07 Å². The average Bonchev–Trinajstić information content (AvgIpc) is 2.36. The van der Waals surface area contributed by atoms with Gasteiger partial charge in [0.25, 0.3) is 0 Å². The summed E-state index contributed by atoms with van der Waals surface area (Å²) in [5, 5.41) is 12.3. The van der Waals surface area contributed by atoms with Gasteiger partial charge in [-0.25, -0.2) is 4.79 Å². The van der Waals surface area contributed by atoms with Crippen LogP contribution < -0.4 is 5.32 Å². The maximum Gasteiger partial charge on any atom is 0.337 e. The summed E-state index contributed by atoms with van der Waals surface area (Å²) in [5.74, 6) is -1.02. The molecule has 0 spiro atoms. The third-order valence-corrected chi connectivity index (χ3v) is 3.39. The van der Waals surface area contributed by atoms with Gasteiger partial charge in [0.15, 0.2) is 0 Å². The number of halogens is 2. The van der Waals surface area contributed by atoms with Gasteiger partial charge in [-0.2, -0.15) is 0 Å². The van der Waals surface area contributed by atoms with Crippen LogP contribution in [0.2, 0.25) is 5.02 Å². The molecule has 0 radical (unpaired) electrons. The standard InChI is InChI=1S/C14H11BrClNO2/c15-10-3-1-2-9(6-10)8-17-11-4-5-12(14(18)19)13(16)7-11/h1-7,17H,8H2,(H,18,19). The lowest BCUT2D eigenvalue weighted by Gasteiger charge is -2.08. The number of hydrogen-bond donors (Lipinski definition) is 2. The lowest BCUT2D eigenvalue weighted by atomic mass is 10.2. The molecule has 2 N–H and O–H groups in total. The Bertz CT molecular complexity index is 616. The van der Waals surface area contributed by atoms with Crippen LogP contribution in [0.3, 0.4) is 0 Å². The van der Waals surface area contributed by atoms with Gasteiger partial charge in [-0.3, -0.25) is 0 Å². The molecule has 2 aromatic rings. The number of carboxylic acids is 1. The van der Waals surface area contributed by atoms with Gasteiger partial charge in [0.2, 0.25) is 0 Å². The molecule has 2 aromatic carbocycles. The lowest BCUT2D eigenvalue weighted by Crippen LogP contribution is -2.01. The van der Waals surface area contributed by atoms with Crippen LogP contribution >= 0.6 is 27.5 Å². The quantitative estimate of drug-likeness (QED) is 0.866. The summed E-state index contributed by atoms with van der Waals surface area (Å²) in [6.07, 6.45) is 0. The first-order chi connectivity index (χ1) is 9.06. The fourth-order valence-corrected chi connectivity index (χ4v) is 2.36. The van der Waals surface area contributed by atoms with Crippen molar-refractivity contribution in [1.82, 2.24) is 0 Å². The second-order valence-corrected chi connectivity index (χ2v) is 5.31. The number of benzene rings is 2. The predicted octanol–water partition coefficient (Wildman–Crippen LogP) is 4.41. The van der Waals surface area contributed by atoms with Gasteiger partial charge in [0.05, 0.1) is 10.6 Å². The molecule has 0 atom stereocenters. The van der Waals surface area contributed by atoms with E-state index in [9.17, 15) is 4.79 Å². The minimum Gasteiger partial charge on any atom is -0.478 e. The van der Waals surface area contributed by atoms with Crippen molar-refractivity contribution in [2.24, 2.45) is 0 Å². The van der Waals surface area contributed by atoms with Gasteiger partial charge in [0, 0.05) is 16.7 Å². The predicted molar refractivity (Wildman–Crippen MR) is 79.9 cm³/mol. The van der Waals surface area contributed by atoms with E-state index in [-0.39, 0.29) is 10.6 Å². The zero-order valence-electron chi connectivity index (χ0n) is 9.86. The van der Waals surface area contributed by atoms with Crippen LogP contribution in [0.4, 0.5) is 5.69 Å². The SMILES string of the molecule is O=C(O)c1ccc(NCc2cccc(Br)c2)cc1Cl. The number of nitrogens with one attached hydrogen (secondary N) is 1. The van der Waals surface area contributed by atoms with E-state index in [1.54, 1.807) is 12.1 Å². The van der Waals surface area contributed by atoms with Crippen LogP contribution in [0.25, 0.3) is 0 Å². The second kappa shape index (κ2) is 6.08. The van der Waals surface area contributed by atoms with Crippen LogP contribution in [-0.4, -0.2) is 11.1 Å². The van der Waals surface area contributed by atoms with Crippen molar-refractivity contribution in [3.8, 4) is 0 Å². The molecule has 0 aliphatic heterocycles. The smallest absolute Gasteiger partial charge is 0.337 e. The zero-order chi connectivity index (χ0) is 13.8. The number of anilines is 1. The summed E-state index contributed by atoms with van der Waals surface area (Å²) in [7, 11) is 0. The Balaban J connectivity index is 2.08. The zero-order valence-corrected chi connectivity index (χ0v) is 12.2. The van der Waals surface area contributed by atoms with Crippen LogP contribution in [0.15, 0.2) is 46.9 Å². The van der Waals surface area contributed by atoms with Crippen molar-refractivity contribution in [3.05, 3.63) is 63.1 Å². The highest BCUT2D eigenvalue weighted by Crippen LogP contribution is 2.21. The fraction of sp³-hybridized carbons (Fsp3) is 0.0714. The number of carboxylic acid groups (broad SMARTS) is 1. The molecule has 3 nitrogen and oxygen atoms in total. The molecular formula is C14H11BrClNO2. The number of rotatable bonds is 4. The Morgan fingerprint density at radius 2 is 2.05 bits per heavy atom. The Kier molecular flexibility index (Phi) is 4.45.